The zero-order valence-corrected chi connectivity index (χ0v) is 14.8. The SMILES string of the molecule is Cc1ccc2nc(/C(C#N)=C\c3cccc(Oc4ccccc4)c3)[nH]c2c1. The Morgan fingerprint density at radius 2 is 1.81 bits per heavy atom. The van der Waals surface area contributed by atoms with E-state index in [0.29, 0.717) is 17.1 Å². The molecule has 1 aromatic heterocycles. The van der Waals surface area contributed by atoms with E-state index in [9.17, 15) is 5.26 Å². The molecular weight excluding hydrogens is 334 g/mol. The van der Waals surface area contributed by atoms with Crippen molar-refractivity contribution in [3.63, 3.8) is 0 Å². The first-order chi connectivity index (χ1) is 13.2. The molecular formula is C23H17N3O. The van der Waals surface area contributed by atoms with Crippen LogP contribution in [0.3, 0.4) is 0 Å². The highest BCUT2D eigenvalue weighted by Gasteiger charge is 2.08. The minimum absolute atomic E-state index is 0.473. The third kappa shape index (κ3) is 3.73. The summed E-state index contributed by atoms with van der Waals surface area (Å²) < 4.78 is 5.87. The van der Waals surface area contributed by atoms with Gasteiger partial charge in [-0.15, -0.1) is 0 Å². The van der Waals surface area contributed by atoms with E-state index in [-0.39, 0.29) is 0 Å². The second kappa shape index (κ2) is 7.19. The van der Waals surface area contributed by atoms with Gasteiger partial charge in [-0.25, -0.2) is 4.98 Å². The van der Waals surface area contributed by atoms with Crippen LogP contribution in [0.2, 0.25) is 0 Å². The molecule has 0 atom stereocenters. The van der Waals surface area contributed by atoms with Gasteiger partial charge in [0.2, 0.25) is 0 Å². The molecule has 27 heavy (non-hydrogen) atoms. The van der Waals surface area contributed by atoms with Crippen LogP contribution in [-0.2, 0) is 0 Å². The molecule has 1 heterocycles. The number of rotatable bonds is 4. The molecule has 4 rings (SSSR count). The molecule has 4 aromatic rings. The molecule has 0 spiro atoms. The van der Waals surface area contributed by atoms with Crippen molar-refractivity contribution in [3.8, 4) is 17.6 Å². The molecule has 4 heteroatoms. The summed E-state index contributed by atoms with van der Waals surface area (Å²) >= 11 is 0. The van der Waals surface area contributed by atoms with Gasteiger partial charge in [0, 0.05) is 0 Å². The monoisotopic (exact) mass is 351 g/mol. The van der Waals surface area contributed by atoms with Crippen molar-refractivity contribution in [2.75, 3.05) is 0 Å². The molecule has 0 radical (unpaired) electrons. The van der Waals surface area contributed by atoms with Gasteiger partial charge in [-0.1, -0.05) is 36.4 Å². The Hall–Kier alpha value is -3.84. The van der Waals surface area contributed by atoms with E-state index in [1.807, 2.05) is 85.8 Å². The number of aromatic amines is 1. The van der Waals surface area contributed by atoms with Crippen molar-refractivity contribution in [1.29, 1.82) is 5.26 Å². The summed E-state index contributed by atoms with van der Waals surface area (Å²) in [6.07, 6.45) is 1.81. The molecule has 4 nitrogen and oxygen atoms in total. The van der Waals surface area contributed by atoms with Crippen molar-refractivity contribution >= 4 is 22.7 Å². The average Bonchev–Trinajstić information content (AvgIpc) is 3.10. The first-order valence-corrected chi connectivity index (χ1v) is 8.63. The molecule has 0 amide bonds. The van der Waals surface area contributed by atoms with E-state index < -0.39 is 0 Å². The second-order valence-corrected chi connectivity index (χ2v) is 6.26. The molecule has 0 aliphatic heterocycles. The number of aromatic nitrogens is 2. The highest BCUT2D eigenvalue weighted by Crippen LogP contribution is 2.25. The Labute approximate surface area is 157 Å². The number of H-pyrrole nitrogens is 1. The molecule has 3 aromatic carbocycles. The van der Waals surface area contributed by atoms with Crippen LogP contribution < -0.4 is 4.74 Å². The number of ether oxygens (including phenoxy) is 1. The Morgan fingerprint density at radius 3 is 2.63 bits per heavy atom. The van der Waals surface area contributed by atoms with Crippen LogP contribution in [0.25, 0.3) is 22.7 Å². The maximum atomic E-state index is 9.62. The van der Waals surface area contributed by atoms with Gasteiger partial charge in [0.15, 0.2) is 0 Å². The molecule has 0 saturated carbocycles. The van der Waals surface area contributed by atoms with Crippen molar-refractivity contribution in [2.45, 2.75) is 6.92 Å². The van der Waals surface area contributed by atoms with Gasteiger partial charge in [-0.3, -0.25) is 0 Å². The van der Waals surface area contributed by atoms with E-state index in [1.54, 1.807) is 0 Å². The summed E-state index contributed by atoms with van der Waals surface area (Å²) in [5.74, 6) is 2.05. The number of para-hydroxylation sites is 1. The van der Waals surface area contributed by atoms with Gasteiger partial charge in [-0.05, 0) is 60.5 Å². The quantitative estimate of drug-likeness (QED) is 0.478. The predicted molar refractivity (Wildman–Crippen MR) is 107 cm³/mol. The number of aryl methyl sites for hydroxylation is 1. The number of allylic oxidation sites excluding steroid dienone is 1. The number of nitrogens with zero attached hydrogens (tertiary/aromatic N) is 2. The number of nitriles is 1. The molecule has 1 N–H and O–H groups in total. The van der Waals surface area contributed by atoms with Gasteiger partial charge < -0.3 is 9.72 Å². The highest BCUT2D eigenvalue weighted by molar-refractivity contribution is 5.90. The topological polar surface area (TPSA) is 61.7 Å². The second-order valence-electron chi connectivity index (χ2n) is 6.26. The number of hydrogen-bond acceptors (Lipinski definition) is 3. The number of hydrogen-bond donors (Lipinski definition) is 1. The maximum absolute atomic E-state index is 9.62. The number of benzene rings is 3. The largest absolute Gasteiger partial charge is 0.457 e. The summed E-state index contributed by atoms with van der Waals surface area (Å²) in [5.41, 5.74) is 4.26. The lowest BCUT2D eigenvalue weighted by molar-refractivity contribution is 0.482. The minimum atomic E-state index is 0.473. The van der Waals surface area contributed by atoms with Gasteiger partial charge in [-0.2, -0.15) is 5.26 Å². The molecule has 0 fully saturated rings. The fourth-order valence-corrected chi connectivity index (χ4v) is 2.86. The molecule has 130 valence electrons. The molecule has 0 aliphatic carbocycles. The lowest BCUT2D eigenvalue weighted by atomic mass is 10.1. The summed E-state index contributed by atoms with van der Waals surface area (Å²) in [6.45, 7) is 2.03. The predicted octanol–water partition coefficient (Wildman–Crippen LogP) is 5.73. The zero-order valence-electron chi connectivity index (χ0n) is 14.8. The van der Waals surface area contributed by atoms with Crippen LogP contribution in [-0.4, -0.2) is 9.97 Å². The van der Waals surface area contributed by atoms with Gasteiger partial charge >= 0.3 is 0 Å². The lowest BCUT2D eigenvalue weighted by Crippen LogP contribution is -1.87. The van der Waals surface area contributed by atoms with Crippen LogP contribution in [0, 0.1) is 18.3 Å². The number of imidazole rings is 1. The normalized spacial score (nSPS) is 11.3. The summed E-state index contributed by atoms with van der Waals surface area (Å²) in [4.78, 5) is 7.76. The van der Waals surface area contributed by atoms with Crippen LogP contribution in [0.4, 0.5) is 0 Å². The first-order valence-electron chi connectivity index (χ1n) is 8.63. The number of fused-ring (bicyclic) bond motifs is 1. The Kier molecular flexibility index (Phi) is 4.42. The van der Waals surface area contributed by atoms with E-state index in [2.05, 4.69) is 16.0 Å². The third-order valence-electron chi connectivity index (χ3n) is 4.16. The van der Waals surface area contributed by atoms with E-state index in [1.165, 1.54) is 0 Å². The molecule has 0 saturated heterocycles. The summed E-state index contributed by atoms with van der Waals surface area (Å²) in [7, 11) is 0. The van der Waals surface area contributed by atoms with Crippen LogP contribution >= 0.6 is 0 Å². The van der Waals surface area contributed by atoms with E-state index >= 15 is 0 Å². The van der Waals surface area contributed by atoms with Crippen molar-refractivity contribution in [2.24, 2.45) is 0 Å². The van der Waals surface area contributed by atoms with Gasteiger partial charge in [0.05, 0.1) is 16.6 Å². The maximum Gasteiger partial charge on any atom is 0.149 e. The lowest BCUT2D eigenvalue weighted by Gasteiger charge is -2.06. The Balaban J connectivity index is 1.66. The standard InChI is InChI=1S/C23H17N3O/c1-16-10-11-21-22(12-16)26-23(25-21)18(15-24)13-17-6-5-9-20(14-17)27-19-7-3-2-4-8-19/h2-14H,1H3,(H,25,26)/b18-13-. The fraction of sp³-hybridized carbons (Fsp3) is 0.0435. The Morgan fingerprint density at radius 1 is 1.00 bits per heavy atom. The average molecular weight is 351 g/mol. The van der Waals surface area contributed by atoms with Crippen LogP contribution in [0.15, 0.2) is 72.8 Å². The smallest absolute Gasteiger partial charge is 0.149 e. The van der Waals surface area contributed by atoms with Gasteiger partial charge in [0.1, 0.15) is 23.4 Å². The van der Waals surface area contributed by atoms with Gasteiger partial charge in [0.25, 0.3) is 0 Å². The van der Waals surface area contributed by atoms with Crippen LogP contribution in [0.5, 0.6) is 11.5 Å². The Bertz CT molecular complexity index is 1170. The minimum Gasteiger partial charge on any atom is -0.457 e. The number of nitrogens with one attached hydrogen (secondary N) is 1. The first kappa shape index (κ1) is 16.6. The summed E-state index contributed by atoms with van der Waals surface area (Å²) in [5, 5.41) is 9.62. The zero-order chi connectivity index (χ0) is 18.6. The molecule has 0 unspecified atom stereocenters. The van der Waals surface area contributed by atoms with E-state index in [4.69, 9.17) is 4.74 Å². The van der Waals surface area contributed by atoms with Crippen LogP contribution in [0.1, 0.15) is 17.0 Å². The molecule has 0 bridgehead atoms. The van der Waals surface area contributed by atoms with Crippen molar-refractivity contribution < 1.29 is 4.74 Å². The summed E-state index contributed by atoms with van der Waals surface area (Å²) in [6, 6.07) is 25.4. The van der Waals surface area contributed by atoms with Crippen molar-refractivity contribution in [1.82, 2.24) is 9.97 Å². The van der Waals surface area contributed by atoms with Crippen molar-refractivity contribution in [3.05, 3.63) is 89.7 Å². The van der Waals surface area contributed by atoms with E-state index in [0.717, 1.165) is 27.9 Å². The molecule has 0 aliphatic rings. The fourth-order valence-electron chi connectivity index (χ4n) is 2.86. The third-order valence-corrected chi connectivity index (χ3v) is 4.16. The highest BCUT2D eigenvalue weighted by atomic mass is 16.5.